The van der Waals surface area contributed by atoms with Gasteiger partial charge in [-0.25, -0.2) is 19.5 Å². The number of amides is 1. The molecule has 0 aliphatic rings. The number of aromatic nitrogens is 6. The van der Waals surface area contributed by atoms with Gasteiger partial charge in [0.2, 0.25) is 5.89 Å². The van der Waals surface area contributed by atoms with Crippen LogP contribution in [0.4, 0.5) is 17.2 Å². The van der Waals surface area contributed by atoms with Crippen molar-refractivity contribution in [3.63, 3.8) is 0 Å². The first-order chi connectivity index (χ1) is 17.0. The van der Waals surface area contributed by atoms with Gasteiger partial charge < -0.3 is 20.4 Å². The third kappa shape index (κ3) is 4.19. The molecular formula is C23H21N9O3. The average Bonchev–Trinajstić information content (AvgIpc) is 3.56. The highest BCUT2D eigenvalue weighted by atomic mass is 16.3. The van der Waals surface area contributed by atoms with E-state index < -0.39 is 11.9 Å². The summed E-state index contributed by atoms with van der Waals surface area (Å²) in [5, 5.41) is 13.4. The number of oxazole rings is 1. The molecule has 5 aromatic rings. The molecule has 0 aliphatic carbocycles. The van der Waals surface area contributed by atoms with Crippen molar-refractivity contribution >= 4 is 28.7 Å². The van der Waals surface area contributed by atoms with Crippen molar-refractivity contribution < 1.29 is 9.21 Å². The second-order valence-electron chi connectivity index (χ2n) is 7.55. The van der Waals surface area contributed by atoms with Gasteiger partial charge in [-0.15, -0.1) is 5.10 Å². The summed E-state index contributed by atoms with van der Waals surface area (Å²) in [6.45, 7) is 1.76. The van der Waals surface area contributed by atoms with E-state index in [0.717, 1.165) is 0 Å². The molecule has 3 N–H and O–H groups in total. The van der Waals surface area contributed by atoms with E-state index in [1.54, 1.807) is 62.8 Å². The van der Waals surface area contributed by atoms with E-state index in [0.29, 0.717) is 28.9 Å². The van der Waals surface area contributed by atoms with Crippen LogP contribution in [0.25, 0.3) is 11.5 Å². The van der Waals surface area contributed by atoms with Crippen molar-refractivity contribution in [1.29, 1.82) is 0 Å². The first-order valence-electron chi connectivity index (χ1n) is 10.7. The summed E-state index contributed by atoms with van der Waals surface area (Å²) in [5.74, 6) is 0.804. The fourth-order valence-electron chi connectivity index (χ4n) is 3.55. The highest BCUT2D eigenvalue weighted by Crippen LogP contribution is 2.22. The molecule has 176 valence electrons. The summed E-state index contributed by atoms with van der Waals surface area (Å²) >= 11 is 0. The number of carbonyl (C=O) groups excluding carboxylic acids is 1. The van der Waals surface area contributed by atoms with E-state index in [1.807, 2.05) is 0 Å². The van der Waals surface area contributed by atoms with Crippen LogP contribution in [0.3, 0.4) is 0 Å². The third-order valence-electron chi connectivity index (χ3n) is 5.25. The lowest BCUT2D eigenvalue weighted by Gasteiger charge is -2.12. The number of anilines is 3. The number of rotatable bonds is 7. The first-order valence-corrected chi connectivity index (χ1v) is 10.7. The van der Waals surface area contributed by atoms with E-state index in [-0.39, 0.29) is 16.9 Å². The van der Waals surface area contributed by atoms with Crippen molar-refractivity contribution in [3.8, 4) is 5.82 Å². The maximum atomic E-state index is 13.1. The van der Waals surface area contributed by atoms with E-state index in [9.17, 15) is 9.59 Å². The van der Waals surface area contributed by atoms with Crippen LogP contribution >= 0.6 is 0 Å². The van der Waals surface area contributed by atoms with Crippen molar-refractivity contribution in [1.82, 2.24) is 34.4 Å². The number of nitrogens with zero attached hydrogens (tertiary/aromatic N) is 6. The van der Waals surface area contributed by atoms with Crippen molar-refractivity contribution in [3.05, 3.63) is 89.4 Å². The topological polar surface area (TPSA) is 144 Å². The maximum Gasteiger partial charge on any atom is 0.279 e. The minimum Gasteiger partial charge on any atom is -0.447 e. The Morgan fingerprint density at radius 1 is 1.09 bits per heavy atom. The van der Waals surface area contributed by atoms with Crippen LogP contribution in [0.5, 0.6) is 0 Å². The molecule has 5 aromatic heterocycles. The summed E-state index contributed by atoms with van der Waals surface area (Å²) in [5.41, 5.74) is 1.25. The standard InChI is InChI=1S/C23H21N9O3/c1-14(22-26-9-11-35-22)28-21(33)17-13-27-20-16(24-2)12-18(30-32(17)20)29-15-6-5-10-31(23(15)34)19-7-3-4-8-25-19/h3-14,24H,1-2H3,(H,28,33)(H,29,30). The number of imidazole rings is 1. The van der Waals surface area contributed by atoms with Crippen LogP contribution in [0.1, 0.15) is 29.3 Å². The van der Waals surface area contributed by atoms with E-state index >= 15 is 0 Å². The number of carbonyl (C=O) groups is 1. The summed E-state index contributed by atoms with van der Waals surface area (Å²) < 4.78 is 8.10. The molecule has 35 heavy (non-hydrogen) atoms. The number of pyridine rings is 2. The predicted octanol–water partition coefficient (Wildman–Crippen LogP) is 2.54. The lowest BCUT2D eigenvalue weighted by atomic mass is 10.3. The normalized spacial score (nSPS) is 11.8. The number of hydrogen-bond donors (Lipinski definition) is 3. The van der Waals surface area contributed by atoms with Gasteiger partial charge in [-0.3, -0.25) is 14.2 Å². The molecule has 0 saturated heterocycles. The van der Waals surface area contributed by atoms with Crippen molar-refractivity contribution in [2.75, 3.05) is 17.7 Å². The monoisotopic (exact) mass is 471 g/mol. The Balaban J connectivity index is 1.49. The van der Waals surface area contributed by atoms with Gasteiger partial charge in [0.1, 0.15) is 23.8 Å². The van der Waals surface area contributed by atoms with Crippen molar-refractivity contribution in [2.24, 2.45) is 0 Å². The molecule has 5 heterocycles. The van der Waals surface area contributed by atoms with Gasteiger partial charge in [-0.1, -0.05) is 6.07 Å². The third-order valence-corrected chi connectivity index (χ3v) is 5.25. The quantitative estimate of drug-likeness (QED) is 0.326. The molecule has 0 aromatic carbocycles. The number of hydrogen-bond acceptors (Lipinski definition) is 9. The fraction of sp³-hybridized carbons (Fsp3) is 0.130. The summed E-state index contributed by atoms with van der Waals surface area (Å²) in [6.07, 6.45) is 7.64. The van der Waals surface area contributed by atoms with Gasteiger partial charge in [0.05, 0.1) is 18.1 Å². The van der Waals surface area contributed by atoms with Crippen LogP contribution in [0, 0.1) is 0 Å². The zero-order valence-corrected chi connectivity index (χ0v) is 18.8. The van der Waals surface area contributed by atoms with Gasteiger partial charge in [-0.2, -0.15) is 0 Å². The minimum absolute atomic E-state index is 0.206. The predicted molar refractivity (Wildman–Crippen MR) is 128 cm³/mol. The molecule has 0 radical (unpaired) electrons. The number of nitrogens with one attached hydrogen (secondary N) is 3. The zero-order valence-electron chi connectivity index (χ0n) is 18.8. The molecule has 1 atom stereocenters. The molecule has 0 aliphatic heterocycles. The van der Waals surface area contributed by atoms with Gasteiger partial charge in [0.15, 0.2) is 17.2 Å². The van der Waals surface area contributed by atoms with E-state index in [2.05, 4.69) is 36.0 Å². The van der Waals surface area contributed by atoms with Crippen LogP contribution in [-0.2, 0) is 0 Å². The minimum atomic E-state index is -0.456. The van der Waals surface area contributed by atoms with Crippen LogP contribution < -0.4 is 21.5 Å². The maximum absolute atomic E-state index is 13.1. The molecular weight excluding hydrogens is 450 g/mol. The molecule has 0 bridgehead atoms. The SMILES string of the molecule is CNc1cc(Nc2cccn(-c3ccccn3)c2=O)nn2c(C(=O)NC(C)c3ncco3)cnc12. The molecule has 12 heteroatoms. The van der Waals surface area contributed by atoms with Crippen molar-refractivity contribution in [2.45, 2.75) is 13.0 Å². The van der Waals surface area contributed by atoms with Crippen LogP contribution in [0.2, 0.25) is 0 Å². The molecule has 12 nitrogen and oxygen atoms in total. The van der Waals surface area contributed by atoms with E-state index in [4.69, 9.17) is 4.42 Å². The smallest absolute Gasteiger partial charge is 0.279 e. The second-order valence-corrected chi connectivity index (χ2v) is 7.55. The van der Waals surface area contributed by atoms with Gasteiger partial charge in [-0.05, 0) is 31.2 Å². The summed E-state index contributed by atoms with van der Waals surface area (Å²) in [7, 11) is 1.73. The Bertz CT molecular complexity index is 1540. The molecule has 0 spiro atoms. The molecule has 1 unspecified atom stereocenters. The highest BCUT2D eigenvalue weighted by Gasteiger charge is 2.20. The molecule has 5 rings (SSSR count). The first kappa shape index (κ1) is 21.8. The van der Waals surface area contributed by atoms with Gasteiger partial charge >= 0.3 is 0 Å². The Morgan fingerprint density at radius 3 is 2.71 bits per heavy atom. The van der Waals surface area contributed by atoms with Crippen LogP contribution in [0.15, 0.2) is 76.7 Å². The van der Waals surface area contributed by atoms with E-state index in [1.165, 1.54) is 27.7 Å². The van der Waals surface area contributed by atoms with Gasteiger partial charge in [0, 0.05) is 25.5 Å². The lowest BCUT2D eigenvalue weighted by Crippen LogP contribution is -2.28. The Labute approximate surface area is 198 Å². The Morgan fingerprint density at radius 2 is 1.97 bits per heavy atom. The van der Waals surface area contributed by atoms with Crippen LogP contribution in [-0.4, -0.2) is 42.1 Å². The molecule has 0 fully saturated rings. The second kappa shape index (κ2) is 9.09. The molecule has 0 saturated carbocycles. The number of fused-ring (bicyclic) bond motifs is 1. The lowest BCUT2D eigenvalue weighted by molar-refractivity contribution is 0.0927. The Kier molecular flexibility index (Phi) is 5.67. The summed E-state index contributed by atoms with van der Waals surface area (Å²) in [4.78, 5) is 38.7. The highest BCUT2D eigenvalue weighted by molar-refractivity contribution is 5.94. The summed E-state index contributed by atoms with van der Waals surface area (Å²) in [6, 6.07) is 9.95. The average molecular weight is 471 g/mol. The molecule has 1 amide bonds. The van der Waals surface area contributed by atoms with Gasteiger partial charge in [0.25, 0.3) is 11.5 Å². The Hall–Kier alpha value is -5.00. The zero-order chi connectivity index (χ0) is 24.4. The largest absolute Gasteiger partial charge is 0.447 e. The fourth-order valence-corrected chi connectivity index (χ4v) is 3.55.